The van der Waals surface area contributed by atoms with E-state index in [0.29, 0.717) is 43.3 Å². The molecule has 1 fully saturated rings. The summed E-state index contributed by atoms with van der Waals surface area (Å²) in [5, 5.41) is 3.61. The fourth-order valence-electron chi connectivity index (χ4n) is 3.42. The molecule has 0 radical (unpaired) electrons. The predicted octanol–water partition coefficient (Wildman–Crippen LogP) is 2.95. The molecule has 1 N–H and O–H groups in total. The molecular weight excluding hydrogens is 422 g/mol. The smallest absolute Gasteiger partial charge is 0.251 e. The Balaban J connectivity index is 1.62. The second-order valence-corrected chi connectivity index (χ2v) is 10.0. The van der Waals surface area contributed by atoms with Gasteiger partial charge in [0.2, 0.25) is 10.0 Å². The highest BCUT2D eigenvalue weighted by molar-refractivity contribution is 7.89. The molecule has 162 valence electrons. The molecule has 0 aliphatic carbocycles. The number of likely N-dealkylation sites (N-methyl/N-ethyl adjacent to an activating group) is 1. The van der Waals surface area contributed by atoms with Crippen molar-refractivity contribution >= 4 is 27.5 Å². The lowest BCUT2D eigenvalue weighted by atomic mass is 10.1. The summed E-state index contributed by atoms with van der Waals surface area (Å²) in [6.07, 6.45) is 1.61. The van der Waals surface area contributed by atoms with E-state index in [0.717, 1.165) is 24.0 Å². The minimum absolute atomic E-state index is 0.170. The minimum Gasteiger partial charge on any atom is -0.352 e. The van der Waals surface area contributed by atoms with Crippen LogP contribution in [0.1, 0.15) is 27.9 Å². The number of nitrogens with zero attached hydrogens (tertiary/aromatic N) is 2. The van der Waals surface area contributed by atoms with Gasteiger partial charge in [-0.1, -0.05) is 29.8 Å². The Kier molecular flexibility index (Phi) is 7.52. The molecule has 6 nitrogen and oxygen atoms in total. The summed E-state index contributed by atoms with van der Waals surface area (Å²) < 4.78 is 27.5. The van der Waals surface area contributed by atoms with Gasteiger partial charge in [-0.25, -0.2) is 8.42 Å². The van der Waals surface area contributed by atoms with Crippen molar-refractivity contribution in [3.63, 3.8) is 0 Å². The van der Waals surface area contributed by atoms with Crippen LogP contribution in [0.4, 0.5) is 0 Å². The number of carbonyl (C=O) groups is 1. The molecule has 1 amide bonds. The molecule has 2 aromatic carbocycles. The largest absolute Gasteiger partial charge is 0.352 e. The average Bonchev–Trinajstić information content (AvgIpc) is 2.73. The molecule has 1 saturated heterocycles. The minimum atomic E-state index is -3.61. The molecule has 2 aromatic rings. The lowest BCUT2D eigenvalue weighted by Gasteiger charge is -2.31. The molecule has 0 bridgehead atoms. The fraction of sp³-hybridized carbons (Fsp3) is 0.409. The van der Waals surface area contributed by atoms with Crippen molar-refractivity contribution < 1.29 is 13.2 Å². The van der Waals surface area contributed by atoms with Gasteiger partial charge >= 0.3 is 0 Å². The lowest BCUT2D eigenvalue weighted by Crippen LogP contribution is -2.47. The molecule has 0 saturated carbocycles. The van der Waals surface area contributed by atoms with Gasteiger partial charge in [0.15, 0.2) is 0 Å². The van der Waals surface area contributed by atoms with Crippen LogP contribution in [0.25, 0.3) is 0 Å². The van der Waals surface area contributed by atoms with Gasteiger partial charge in [-0.15, -0.1) is 0 Å². The molecule has 0 spiro atoms. The first-order chi connectivity index (χ1) is 14.3. The van der Waals surface area contributed by atoms with Crippen LogP contribution in [-0.2, 0) is 16.4 Å². The maximum Gasteiger partial charge on any atom is 0.251 e. The first-order valence-electron chi connectivity index (χ1n) is 10.1. The van der Waals surface area contributed by atoms with E-state index in [9.17, 15) is 13.2 Å². The van der Waals surface area contributed by atoms with Crippen molar-refractivity contribution in [3.05, 3.63) is 64.2 Å². The van der Waals surface area contributed by atoms with Gasteiger partial charge in [-0.2, -0.15) is 4.31 Å². The number of sulfonamides is 1. The summed E-state index contributed by atoms with van der Waals surface area (Å²) in [5.74, 6) is -0.251. The Morgan fingerprint density at radius 3 is 2.40 bits per heavy atom. The summed E-state index contributed by atoms with van der Waals surface area (Å²) in [4.78, 5) is 14.9. The Labute approximate surface area is 183 Å². The van der Waals surface area contributed by atoms with E-state index >= 15 is 0 Å². The number of piperazine rings is 1. The van der Waals surface area contributed by atoms with Crippen LogP contribution in [0.3, 0.4) is 0 Å². The maximum absolute atomic E-state index is 13.0. The fourth-order valence-corrected chi connectivity index (χ4v) is 5.00. The molecule has 3 rings (SSSR count). The van der Waals surface area contributed by atoms with Gasteiger partial charge in [0, 0.05) is 43.3 Å². The van der Waals surface area contributed by atoms with E-state index in [4.69, 9.17) is 11.6 Å². The number of nitrogens with one attached hydrogen (secondary N) is 1. The second-order valence-electron chi connectivity index (χ2n) is 7.67. The number of carbonyl (C=O) groups excluding carboxylic acids is 1. The number of hydrogen-bond donors (Lipinski definition) is 1. The third kappa shape index (κ3) is 5.60. The van der Waals surface area contributed by atoms with E-state index in [1.807, 2.05) is 38.2 Å². The van der Waals surface area contributed by atoms with Crippen LogP contribution in [0.5, 0.6) is 0 Å². The van der Waals surface area contributed by atoms with E-state index in [-0.39, 0.29) is 10.8 Å². The van der Waals surface area contributed by atoms with Crippen LogP contribution < -0.4 is 5.32 Å². The first-order valence-corrected chi connectivity index (χ1v) is 11.9. The number of rotatable bonds is 7. The van der Waals surface area contributed by atoms with E-state index in [1.165, 1.54) is 10.4 Å². The molecule has 30 heavy (non-hydrogen) atoms. The van der Waals surface area contributed by atoms with E-state index < -0.39 is 10.0 Å². The zero-order chi connectivity index (χ0) is 21.7. The quantitative estimate of drug-likeness (QED) is 0.660. The molecule has 8 heteroatoms. The zero-order valence-corrected chi connectivity index (χ0v) is 19.0. The van der Waals surface area contributed by atoms with E-state index in [2.05, 4.69) is 10.2 Å². The number of amides is 1. The van der Waals surface area contributed by atoms with Crippen molar-refractivity contribution in [2.45, 2.75) is 24.7 Å². The normalized spacial score (nSPS) is 15.8. The van der Waals surface area contributed by atoms with Gasteiger partial charge in [-0.05, 0) is 62.2 Å². The molecule has 0 aromatic heterocycles. The molecule has 1 aliphatic rings. The third-order valence-corrected chi connectivity index (χ3v) is 7.54. The summed E-state index contributed by atoms with van der Waals surface area (Å²) in [7, 11) is -1.63. The number of halogens is 1. The SMILES string of the molecule is Cc1ccc(S(=O)(=O)N2CCN(C)CC2)cc1C(=O)NCCCc1ccc(Cl)cc1. The van der Waals surface area contributed by atoms with Crippen molar-refractivity contribution in [2.24, 2.45) is 0 Å². The Hall–Kier alpha value is -1.93. The topological polar surface area (TPSA) is 69.7 Å². The number of benzene rings is 2. The lowest BCUT2D eigenvalue weighted by molar-refractivity contribution is 0.0952. The van der Waals surface area contributed by atoms with Crippen LogP contribution in [0, 0.1) is 6.92 Å². The number of aryl methyl sites for hydroxylation is 2. The van der Waals surface area contributed by atoms with Crippen LogP contribution in [0.15, 0.2) is 47.4 Å². The predicted molar refractivity (Wildman–Crippen MR) is 120 cm³/mol. The van der Waals surface area contributed by atoms with Gasteiger partial charge < -0.3 is 10.2 Å². The second kappa shape index (κ2) is 9.92. The van der Waals surface area contributed by atoms with Gasteiger partial charge in [-0.3, -0.25) is 4.79 Å². The number of hydrogen-bond acceptors (Lipinski definition) is 4. The Morgan fingerprint density at radius 1 is 1.07 bits per heavy atom. The first kappa shape index (κ1) is 22.7. The van der Waals surface area contributed by atoms with Crippen molar-refractivity contribution in [3.8, 4) is 0 Å². The highest BCUT2D eigenvalue weighted by Gasteiger charge is 2.28. The Morgan fingerprint density at radius 2 is 1.73 bits per heavy atom. The molecular formula is C22H28ClN3O3S. The molecule has 0 unspecified atom stereocenters. The summed E-state index contributed by atoms with van der Waals surface area (Å²) in [6, 6.07) is 12.4. The monoisotopic (exact) mass is 449 g/mol. The average molecular weight is 450 g/mol. The van der Waals surface area contributed by atoms with Crippen molar-refractivity contribution in [1.29, 1.82) is 0 Å². The Bertz CT molecular complexity index is 985. The van der Waals surface area contributed by atoms with Crippen molar-refractivity contribution in [1.82, 2.24) is 14.5 Å². The van der Waals surface area contributed by atoms with Gasteiger partial charge in [0.05, 0.1) is 4.90 Å². The highest BCUT2D eigenvalue weighted by Crippen LogP contribution is 2.21. The summed E-state index contributed by atoms with van der Waals surface area (Å²) in [5.41, 5.74) is 2.31. The molecule has 1 heterocycles. The third-order valence-electron chi connectivity index (χ3n) is 5.39. The standard InChI is InChI=1S/C22H28ClN3O3S/c1-17-5-10-20(30(28,29)26-14-12-25(2)13-15-26)16-21(17)22(27)24-11-3-4-18-6-8-19(23)9-7-18/h5-10,16H,3-4,11-15H2,1-2H3,(H,24,27). The van der Waals surface area contributed by atoms with Crippen LogP contribution >= 0.6 is 11.6 Å². The molecule has 0 atom stereocenters. The van der Waals surface area contributed by atoms with Gasteiger partial charge in [0.1, 0.15) is 0 Å². The van der Waals surface area contributed by atoms with Crippen LogP contribution in [-0.4, -0.2) is 63.3 Å². The highest BCUT2D eigenvalue weighted by atomic mass is 35.5. The zero-order valence-electron chi connectivity index (χ0n) is 17.4. The van der Waals surface area contributed by atoms with Gasteiger partial charge in [0.25, 0.3) is 5.91 Å². The van der Waals surface area contributed by atoms with E-state index in [1.54, 1.807) is 12.1 Å². The summed E-state index contributed by atoms with van der Waals surface area (Å²) in [6.45, 7) is 4.64. The molecule has 1 aliphatic heterocycles. The maximum atomic E-state index is 13.0. The summed E-state index contributed by atoms with van der Waals surface area (Å²) >= 11 is 5.89. The van der Waals surface area contributed by atoms with Crippen LogP contribution in [0.2, 0.25) is 5.02 Å². The van der Waals surface area contributed by atoms with Crippen molar-refractivity contribution in [2.75, 3.05) is 39.8 Å².